The van der Waals surface area contributed by atoms with Gasteiger partial charge < -0.3 is 16.2 Å². The minimum atomic E-state index is -0.348. The zero-order chi connectivity index (χ0) is 14.5. The molecule has 2 rings (SSSR count). The molecule has 5 nitrogen and oxygen atoms in total. The second-order valence-electron chi connectivity index (χ2n) is 4.21. The van der Waals surface area contributed by atoms with Gasteiger partial charge in [0.25, 0.3) is 5.91 Å². The molecule has 1 amide bonds. The number of nitrogens with zero attached hydrogens (tertiary/aromatic N) is 1. The summed E-state index contributed by atoms with van der Waals surface area (Å²) >= 11 is 5.92. The van der Waals surface area contributed by atoms with Crippen molar-refractivity contribution >= 4 is 29.0 Å². The Balaban J connectivity index is 2.13. The number of aliphatic hydroxyl groups is 1. The van der Waals surface area contributed by atoms with Crippen molar-refractivity contribution in [3.63, 3.8) is 0 Å². The minimum Gasteiger partial charge on any atom is -0.396 e. The first-order valence-electron chi connectivity index (χ1n) is 6.02. The molecule has 1 heterocycles. The number of anilines is 2. The van der Waals surface area contributed by atoms with Gasteiger partial charge in [-0.15, -0.1) is 0 Å². The maximum atomic E-state index is 12.1. The predicted molar refractivity (Wildman–Crippen MR) is 78.8 cm³/mol. The number of amides is 1. The van der Waals surface area contributed by atoms with Crippen LogP contribution in [0, 0.1) is 0 Å². The van der Waals surface area contributed by atoms with E-state index in [0.717, 1.165) is 5.56 Å². The molecule has 0 fully saturated rings. The first kappa shape index (κ1) is 14.3. The Kier molecular flexibility index (Phi) is 4.55. The molecule has 0 unspecified atom stereocenters. The van der Waals surface area contributed by atoms with Crippen LogP contribution < -0.4 is 11.1 Å². The summed E-state index contributed by atoms with van der Waals surface area (Å²) in [6.07, 6.45) is 1.93. The van der Waals surface area contributed by atoms with Gasteiger partial charge in [0.15, 0.2) is 0 Å². The van der Waals surface area contributed by atoms with Crippen molar-refractivity contribution in [3.05, 3.63) is 52.7 Å². The highest BCUT2D eigenvalue weighted by atomic mass is 35.5. The van der Waals surface area contributed by atoms with Crippen molar-refractivity contribution in [2.24, 2.45) is 0 Å². The molecule has 20 heavy (non-hydrogen) atoms. The molecule has 0 aliphatic carbocycles. The normalized spacial score (nSPS) is 10.3. The molecular formula is C14H14ClN3O2. The fourth-order valence-electron chi connectivity index (χ4n) is 1.71. The van der Waals surface area contributed by atoms with Crippen molar-refractivity contribution in [2.75, 3.05) is 17.7 Å². The zero-order valence-electron chi connectivity index (χ0n) is 10.6. The number of aliphatic hydroxyl groups excluding tert-OH is 1. The van der Waals surface area contributed by atoms with Gasteiger partial charge in [-0.05, 0) is 30.2 Å². The summed E-state index contributed by atoms with van der Waals surface area (Å²) in [7, 11) is 0. The van der Waals surface area contributed by atoms with Crippen molar-refractivity contribution < 1.29 is 9.90 Å². The fraction of sp³-hybridized carbons (Fsp3) is 0.143. The summed E-state index contributed by atoms with van der Waals surface area (Å²) in [5.41, 5.74) is 7.45. The third kappa shape index (κ3) is 3.46. The molecule has 0 aliphatic heterocycles. The summed E-state index contributed by atoms with van der Waals surface area (Å²) in [4.78, 5) is 15.9. The van der Waals surface area contributed by atoms with Crippen molar-refractivity contribution in [2.45, 2.75) is 6.42 Å². The number of carbonyl (C=O) groups excluding carboxylic acids is 1. The number of hydrogen-bond acceptors (Lipinski definition) is 4. The van der Waals surface area contributed by atoms with Crippen LogP contribution in [0.5, 0.6) is 0 Å². The molecule has 1 aromatic heterocycles. The van der Waals surface area contributed by atoms with E-state index < -0.39 is 0 Å². The lowest BCUT2D eigenvalue weighted by Gasteiger charge is -2.08. The smallest absolute Gasteiger partial charge is 0.257 e. The van der Waals surface area contributed by atoms with Crippen LogP contribution in [0.15, 0.2) is 36.5 Å². The predicted octanol–water partition coefficient (Wildman–Crippen LogP) is 2.10. The summed E-state index contributed by atoms with van der Waals surface area (Å²) in [6, 6.07) is 8.64. The number of nitrogens with one attached hydrogen (secondary N) is 1. The quantitative estimate of drug-likeness (QED) is 0.805. The van der Waals surface area contributed by atoms with Crippen molar-refractivity contribution in [1.82, 2.24) is 4.98 Å². The Morgan fingerprint density at radius 1 is 1.35 bits per heavy atom. The molecule has 0 saturated carbocycles. The van der Waals surface area contributed by atoms with Gasteiger partial charge in [0.1, 0.15) is 5.82 Å². The molecular weight excluding hydrogens is 278 g/mol. The number of nitrogen functional groups attached to an aromatic ring is 1. The SMILES string of the molecule is Nc1cc(C(=O)Nc2ccc(CCO)cc2)c(Cl)cn1. The molecule has 0 aliphatic rings. The van der Waals surface area contributed by atoms with Gasteiger partial charge in [-0.3, -0.25) is 4.79 Å². The minimum absolute atomic E-state index is 0.0948. The van der Waals surface area contributed by atoms with E-state index in [1.165, 1.54) is 12.3 Å². The van der Waals surface area contributed by atoms with Crippen LogP contribution in [-0.4, -0.2) is 22.6 Å². The number of hydrogen-bond donors (Lipinski definition) is 3. The maximum absolute atomic E-state index is 12.1. The van der Waals surface area contributed by atoms with Crippen LogP contribution >= 0.6 is 11.6 Å². The number of halogens is 1. The molecule has 4 N–H and O–H groups in total. The second-order valence-corrected chi connectivity index (χ2v) is 4.62. The maximum Gasteiger partial charge on any atom is 0.257 e. The highest BCUT2D eigenvalue weighted by Gasteiger charge is 2.11. The van der Waals surface area contributed by atoms with Crippen LogP contribution in [-0.2, 0) is 6.42 Å². The third-order valence-corrected chi connectivity index (χ3v) is 3.03. The van der Waals surface area contributed by atoms with Crippen molar-refractivity contribution in [3.8, 4) is 0 Å². The van der Waals surface area contributed by atoms with E-state index in [4.69, 9.17) is 22.4 Å². The number of rotatable bonds is 4. The first-order valence-corrected chi connectivity index (χ1v) is 6.40. The van der Waals surface area contributed by atoms with Gasteiger partial charge in [-0.1, -0.05) is 23.7 Å². The van der Waals surface area contributed by atoms with Crippen LogP contribution in [0.3, 0.4) is 0 Å². The highest BCUT2D eigenvalue weighted by molar-refractivity contribution is 6.34. The number of carbonyl (C=O) groups is 1. The Morgan fingerprint density at radius 2 is 2.05 bits per heavy atom. The van der Waals surface area contributed by atoms with Crippen LogP contribution in [0.1, 0.15) is 15.9 Å². The van der Waals surface area contributed by atoms with E-state index in [0.29, 0.717) is 12.1 Å². The van der Waals surface area contributed by atoms with Gasteiger partial charge in [0, 0.05) is 18.5 Å². The molecule has 1 aromatic carbocycles. The lowest BCUT2D eigenvalue weighted by molar-refractivity contribution is 0.102. The van der Waals surface area contributed by atoms with Crippen LogP contribution in [0.2, 0.25) is 5.02 Å². The Hall–Kier alpha value is -2.11. The summed E-state index contributed by atoms with van der Waals surface area (Å²) in [5, 5.41) is 11.8. The Labute approximate surface area is 121 Å². The molecule has 0 atom stereocenters. The summed E-state index contributed by atoms with van der Waals surface area (Å²) < 4.78 is 0. The number of pyridine rings is 1. The third-order valence-electron chi connectivity index (χ3n) is 2.73. The van der Waals surface area contributed by atoms with E-state index in [2.05, 4.69) is 10.3 Å². The topological polar surface area (TPSA) is 88.2 Å². The lowest BCUT2D eigenvalue weighted by atomic mass is 10.1. The number of benzene rings is 1. The molecule has 2 aromatic rings. The van der Waals surface area contributed by atoms with Crippen LogP contribution in [0.4, 0.5) is 11.5 Å². The molecule has 0 saturated heterocycles. The number of aromatic nitrogens is 1. The van der Waals surface area contributed by atoms with Gasteiger partial charge in [0.2, 0.25) is 0 Å². The van der Waals surface area contributed by atoms with Gasteiger partial charge >= 0.3 is 0 Å². The van der Waals surface area contributed by atoms with E-state index >= 15 is 0 Å². The lowest BCUT2D eigenvalue weighted by Crippen LogP contribution is -2.13. The summed E-state index contributed by atoms with van der Waals surface area (Å²) in [6.45, 7) is 0.0948. The first-order chi connectivity index (χ1) is 9.60. The Bertz CT molecular complexity index is 614. The van der Waals surface area contributed by atoms with E-state index in [1.807, 2.05) is 12.1 Å². The fourth-order valence-corrected chi connectivity index (χ4v) is 1.90. The Morgan fingerprint density at radius 3 is 2.70 bits per heavy atom. The molecule has 104 valence electrons. The van der Waals surface area contributed by atoms with Gasteiger partial charge in [0.05, 0.1) is 10.6 Å². The summed E-state index contributed by atoms with van der Waals surface area (Å²) in [5.74, 6) is -0.114. The average molecular weight is 292 g/mol. The molecule has 0 spiro atoms. The second kappa shape index (κ2) is 6.36. The van der Waals surface area contributed by atoms with Crippen molar-refractivity contribution in [1.29, 1.82) is 0 Å². The van der Waals surface area contributed by atoms with Crippen LogP contribution in [0.25, 0.3) is 0 Å². The average Bonchev–Trinajstić information content (AvgIpc) is 2.44. The number of nitrogens with two attached hydrogens (primary N) is 1. The van der Waals surface area contributed by atoms with E-state index in [9.17, 15) is 4.79 Å². The highest BCUT2D eigenvalue weighted by Crippen LogP contribution is 2.18. The largest absolute Gasteiger partial charge is 0.396 e. The monoisotopic (exact) mass is 291 g/mol. The standard InChI is InChI=1S/C14H14ClN3O2/c15-12-8-17-13(16)7-11(12)14(20)18-10-3-1-9(2-4-10)5-6-19/h1-4,7-8,19H,5-6H2,(H2,16,17)(H,18,20). The zero-order valence-corrected chi connectivity index (χ0v) is 11.4. The van der Waals surface area contributed by atoms with E-state index in [1.54, 1.807) is 12.1 Å². The van der Waals surface area contributed by atoms with E-state index in [-0.39, 0.29) is 28.9 Å². The molecule has 0 radical (unpaired) electrons. The van der Waals surface area contributed by atoms with Gasteiger partial charge in [-0.25, -0.2) is 4.98 Å². The van der Waals surface area contributed by atoms with Gasteiger partial charge in [-0.2, -0.15) is 0 Å². The molecule has 6 heteroatoms. The molecule has 0 bridgehead atoms.